The van der Waals surface area contributed by atoms with Crippen molar-refractivity contribution < 1.29 is 14.3 Å². The fraction of sp³-hybridized carbons (Fsp3) is 0.278. The quantitative estimate of drug-likeness (QED) is 0.880. The molecule has 0 saturated heterocycles. The van der Waals surface area contributed by atoms with Crippen LogP contribution >= 0.6 is 0 Å². The molecule has 0 aliphatic heterocycles. The molecule has 0 aliphatic carbocycles. The Kier molecular flexibility index (Phi) is 5.15. The highest BCUT2D eigenvalue weighted by molar-refractivity contribution is 5.70. The minimum Gasteiger partial charge on any atom is -0.481 e. The van der Waals surface area contributed by atoms with E-state index in [1.54, 1.807) is 25.1 Å². The van der Waals surface area contributed by atoms with Gasteiger partial charge in [0.15, 0.2) is 0 Å². The number of aliphatic carboxylic acids is 1. The lowest BCUT2D eigenvalue weighted by Crippen LogP contribution is -2.32. The zero-order chi connectivity index (χ0) is 16.1. The largest absolute Gasteiger partial charge is 0.481 e. The summed E-state index contributed by atoms with van der Waals surface area (Å²) in [4.78, 5) is 13.1. The number of carboxylic acids is 1. The molecule has 0 bridgehead atoms. The first-order valence-corrected chi connectivity index (χ1v) is 7.26. The van der Waals surface area contributed by atoms with Gasteiger partial charge in [0, 0.05) is 24.3 Å². The van der Waals surface area contributed by atoms with Crippen LogP contribution in [0.25, 0.3) is 0 Å². The van der Waals surface area contributed by atoms with Gasteiger partial charge in [-0.3, -0.25) is 4.79 Å². The van der Waals surface area contributed by atoms with Gasteiger partial charge in [-0.05, 0) is 24.6 Å². The molecule has 0 saturated carbocycles. The maximum absolute atomic E-state index is 13.9. The molecule has 1 N–H and O–H groups in total. The van der Waals surface area contributed by atoms with Crippen molar-refractivity contribution in [2.45, 2.75) is 20.4 Å². The van der Waals surface area contributed by atoms with Crippen molar-refractivity contribution in [1.82, 2.24) is 0 Å². The van der Waals surface area contributed by atoms with E-state index in [1.807, 2.05) is 36.1 Å². The highest BCUT2D eigenvalue weighted by Crippen LogP contribution is 2.23. The van der Waals surface area contributed by atoms with Crippen LogP contribution in [0.15, 0.2) is 48.5 Å². The van der Waals surface area contributed by atoms with Crippen LogP contribution in [-0.4, -0.2) is 17.6 Å². The average molecular weight is 301 g/mol. The number of hydrogen-bond donors (Lipinski definition) is 1. The summed E-state index contributed by atoms with van der Waals surface area (Å²) < 4.78 is 13.9. The maximum Gasteiger partial charge on any atom is 0.308 e. The maximum atomic E-state index is 13.9. The Morgan fingerprint density at radius 3 is 2.45 bits per heavy atom. The normalized spacial score (nSPS) is 12.0. The summed E-state index contributed by atoms with van der Waals surface area (Å²) in [6, 6.07) is 14.3. The van der Waals surface area contributed by atoms with Gasteiger partial charge < -0.3 is 10.0 Å². The monoisotopic (exact) mass is 301 g/mol. The molecule has 0 heterocycles. The number of benzene rings is 2. The van der Waals surface area contributed by atoms with E-state index in [1.165, 1.54) is 6.07 Å². The number of aryl methyl sites for hydroxylation is 1. The second-order valence-corrected chi connectivity index (χ2v) is 5.50. The van der Waals surface area contributed by atoms with E-state index >= 15 is 0 Å². The minimum atomic E-state index is -0.855. The molecule has 0 amide bonds. The van der Waals surface area contributed by atoms with E-state index in [0.29, 0.717) is 18.7 Å². The predicted octanol–water partition coefficient (Wildman–Crippen LogP) is 3.86. The molecular weight excluding hydrogens is 281 g/mol. The molecule has 0 spiro atoms. The van der Waals surface area contributed by atoms with E-state index in [2.05, 4.69) is 0 Å². The van der Waals surface area contributed by atoms with E-state index < -0.39 is 11.9 Å². The van der Waals surface area contributed by atoms with Crippen molar-refractivity contribution in [1.29, 1.82) is 0 Å². The third-order valence-electron chi connectivity index (χ3n) is 3.69. The third-order valence-corrected chi connectivity index (χ3v) is 3.69. The van der Waals surface area contributed by atoms with Gasteiger partial charge in [-0.2, -0.15) is 0 Å². The van der Waals surface area contributed by atoms with Gasteiger partial charge >= 0.3 is 5.97 Å². The summed E-state index contributed by atoms with van der Waals surface area (Å²) in [5, 5.41) is 9.17. The fourth-order valence-corrected chi connectivity index (χ4v) is 2.41. The fourth-order valence-electron chi connectivity index (χ4n) is 2.41. The van der Waals surface area contributed by atoms with Crippen LogP contribution in [0.5, 0.6) is 0 Å². The van der Waals surface area contributed by atoms with Crippen molar-refractivity contribution in [2.75, 3.05) is 11.4 Å². The summed E-state index contributed by atoms with van der Waals surface area (Å²) in [7, 11) is 0. The molecule has 1 unspecified atom stereocenters. The van der Waals surface area contributed by atoms with Gasteiger partial charge in [0.2, 0.25) is 0 Å². The zero-order valence-electron chi connectivity index (χ0n) is 12.8. The SMILES string of the molecule is Cc1ccccc1N(Cc1ccccc1F)CC(C)C(=O)O. The van der Waals surface area contributed by atoms with Crippen molar-refractivity contribution >= 4 is 11.7 Å². The van der Waals surface area contributed by atoms with Gasteiger partial charge in [0.25, 0.3) is 0 Å². The molecule has 2 aromatic carbocycles. The van der Waals surface area contributed by atoms with Gasteiger partial charge in [-0.15, -0.1) is 0 Å². The number of carbonyl (C=O) groups is 1. The molecule has 3 nitrogen and oxygen atoms in total. The van der Waals surface area contributed by atoms with Crippen molar-refractivity contribution in [2.24, 2.45) is 5.92 Å². The van der Waals surface area contributed by atoms with Gasteiger partial charge in [0.1, 0.15) is 5.82 Å². The van der Waals surface area contributed by atoms with Crippen LogP contribution in [-0.2, 0) is 11.3 Å². The molecule has 1 atom stereocenters. The van der Waals surface area contributed by atoms with Crippen LogP contribution in [0, 0.1) is 18.7 Å². The Balaban J connectivity index is 2.31. The molecule has 22 heavy (non-hydrogen) atoms. The second-order valence-electron chi connectivity index (χ2n) is 5.50. The highest BCUT2D eigenvalue weighted by Gasteiger charge is 2.19. The third kappa shape index (κ3) is 3.85. The Bertz CT molecular complexity index is 657. The van der Waals surface area contributed by atoms with Crippen molar-refractivity contribution in [3.8, 4) is 0 Å². The Morgan fingerprint density at radius 2 is 1.82 bits per heavy atom. The zero-order valence-corrected chi connectivity index (χ0v) is 12.8. The van der Waals surface area contributed by atoms with E-state index in [4.69, 9.17) is 5.11 Å². The predicted molar refractivity (Wildman–Crippen MR) is 85.4 cm³/mol. The topological polar surface area (TPSA) is 40.5 Å². The summed E-state index contributed by atoms with van der Waals surface area (Å²) in [5.74, 6) is -1.66. The lowest BCUT2D eigenvalue weighted by atomic mass is 10.1. The standard InChI is InChI=1S/C18H20FNO2/c1-13-7-3-6-10-17(13)20(11-14(2)18(21)22)12-15-8-4-5-9-16(15)19/h3-10,14H,11-12H2,1-2H3,(H,21,22). The molecule has 2 aromatic rings. The van der Waals surface area contributed by atoms with Crippen LogP contribution in [0.4, 0.5) is 10.1 Å². The first-order valence-electron chi connectivity index (χ1n) is 7.26. The van der Waals surface area contributed by atoms with Gasteiger partial charge in [-0.25, -0.2) is 4.39 Å². The van der Waals surface area contributed by atoms with Gasteiger partial charge in [0.05, 0.1) is 5.92 Å². The van der Waals surface area contributed by atoms with Crippen molar-refractivity contribution in [3.05, 3.63) is 65.5 Å². The second kappa shape index (κ2) is 7.07. The number of halogens is 1. The number of anilines is 1. The smallest absolute Gasteiger partial charge is 0.308 e. The summed E-state index contributed by atoms with van der Waals surface area (Å²) >= 11 is 0. The number of rotatable bonds is 6. The highest BCUT2D eigenvalue weighted by atomic mass is 19.1. The van der Waals surface area contributed by atoms with E-state index in [0.717, 1.165) is 11.3 Å². The molecule has 2 rings (SSSR count). The number of para-hydroxylation sites is 1. The lowest BCUT2D eigenvalue weighted by Gasteiger charge is -2.28. The Labute approximate surface area is 130 Å². The van der Waals surface area contributed by atoms with Crippen LogP contribution in [0.2, 0.25) is 0 Å². The number of carboxylic acid groups (broad SMARTS) is 1. The number of hydrogen-bond acceptors (Lipinski definition) is 2. The molecular formula is C18H20FNO2. The van der Waals surface area contributed by atoms with Crippen LogP contribution in [0.3, 0.4) is 0 Å². The molecule has 4 heteroatoms. The van der Waals surface area contributed by atoms with Crippen LogP contribution < -0.4 is 4.90 Å². The Hall–Kier alpha value is -2.36. The lowest BCUT2D eigenvalue weighted by molar-refractivity contribution is -0.140. The van der Waals surface area contributed by atoms with Gasteiger partial charge in [-0.1, -0.05) is 43.3 Å². The summed E-state index contributed by atoms with van der Waals surface area (Å²) in [6.45, 7) is 4.30. The van der Waals surface area contributed by atoms with Crippen LogP contribution in [0.1, 0.15) is 18.1 Å². The van der Waals surface area contributed by atoms with E-state index in [9.17, 15) is 9.18 Å². The molecule has 116 valence electrons. The first kappa shape index (κ1) is 16.0. The summed E-state index contributed by atoms with van der Waals surface area (Å²) in [6.07, 6.45) is 0. The average Bonchev–Trinajstić information content (AvgIpc) is 2.49. The summed E-state index contributed by atoms with van der Waals surface area (Å²) in [5.41, 5.74) is 2.53. The minimum absolute atomic E-state index is 0.274. The molecule has 0 aromatic heterocycles. The van der Waals surface area contributed by atoms with E-state index in [-0.39, 0.29) is 5.82 Å². The number of nitrogens with zero attached hydrogens (tertiary/aromatic N) is 1. The molecule has 0 aliphatic rings. The first-order chi connectivity index (χ1) is 10.5. The molecule has 0 fully saturated rings. The molecule has 0 radical (unpaired) electrons. The van der Waals surface area contributed by atoms with Crippen molar-refractivity contribution in [3.63, 3.8) is 0 Å². The Morgan fingerprint density at radius 1 is 1.18 bits per heavy atom.